The van der Waals surface area contributed by atoms with Crippen LogP contribution in [0, 0.1) is 5.92 Å². The second kappa shape index (κ2) is 2.06. The number of nitrogens with one attached hydrogen (secondary N) is 1. The normalized spacial score (nSPS) is 46.1. The van der Waals surface area contributed by atoms with Crippen LogP contribution in [0.1, 0.15) is 26.2 Å². The Kier molecular flexibility index (Phi) is 1.31. The summed E-state index contributed by atoms with van der Waals surface area (Å²) in [5.41, 5.74) is 0. The van der Waals surface area contributed by atoms with Crippen LogP contribution in [-0.2, 0) is 4.79 Å². The number of Topliss-reactive ketones (excluding diaryl/α,β-unsaturated/α-hetero) is 1. The lowest BCUT2D eigenvalue weighted by Crippen LogP contribution is -2.44. The summed E-state index contributed by atoms with van der Waals surface area (Å²) in [4.78, 5) is 11.2. The Labute approximate surface area is 61.0 Å². The lowest BCUT2D eigenvalue weighted by Gasteiger charge is -2.25. The first-order chi connectivity index (χ1) is 4.77. The second-order valence-electron chi connectivity index (χ2n) is 3.51. The molecule has 2 heterocycles. The average molecular weight is 139 g/mol. The minimum Gasteiger partial charge on any atom is -0.310 e. The van der Waals surface area contributed by atoms with Gasteiger partial charge >= 0.3 is 0 Å². The van der Waals surface area contributed by atoms with E-state index in [0.717, 1.165) is 6.42 Å². The number of hydrogen-bond donors (Lipinski definition) is 1. The molecule has 2 rings (SSSR count). The Morgan fingerprint density at radius 1 is 1.50 bits per heavy atom. The number of ketones is 1. The largest absolute Gasteiger partial charge is 0.310 e. The van der Waals surface area contributed by atoms with Gasteiger partial charge in [0, 0.05) is 24.4 Å². The fourth-order valence-electron chi connectivity index (χ4n) is 2.06. The van der Waals surface area contributed by atoms with Crippen molar-refractivity contribution in [1.29, 1.82) is 0 Å². The van der Waals surface area contributed by atoms with Crippen molar-refractivity contribution in [1.82, 2.24) is 5.32 Å². The Morgan fingerprint density at radius 2 is 2.30 bits per heavy atom. The first-order valence-corrected chi connectivity index (χ1v) is 4.06. The van der Waals surface area contributed by atoms with Crippen LogP contribution in [0.3, 0.4) is 0 Å². The number of hydrogen-bond acceptors (Lipinski definition) is 2. The van der Waals surface area contributed by atoms with Gasteiger partial charge in [0.15, 0.2) is 0 Å². The third-order valence-electron chi connectivity index (χ3n) is 2.83. The molecule has 0 radical (unpaired) electrons. The molecular weight excluding hydrogens is 126 g/mol. The van der Waals surface area contributed by atoms with Gasteiger partial charge in [0.05, 0.1) is 0 Å². The minimum atomic E-state index is 0.277. The van der Waals surface area contributed by atoms with Gasteiger partial charge < -0.3 is 5.32 Å². The Balaban J connectivity index is 2.17. The van der Waals surface area contributed by atoms with E-state index in [9.17, 15) is 4.79 Å². The molecule has 3 unspecified atom stereocenters. The number of carbonyl (C=O) groups excluding carboxylic acids is 1. The van der Waals surface area contributed by atoms with Gasteiger partial charge in [-0.05, 0) is 12.8 Å². The SMILES string of the molecule is CC1C(=O)CC2CCC1N2. The van der Waals surface area contributed by atoms with E-state index in [0.29, 0.717) is 17.9 Å². The fourth-order valence-corrected chi connectivity index (χ4v) is 2.06. The maximum atomic E-state index is 11.2. The zero-order valence-electron chi connectivity index (χ0n) is 6.26. The van der Waals surface area contributed by atoms with Gasteiger partial charge in [-0.1, -0.05) is 6.92 Å². The third kappa shape index (κ3) is 0.788. The molecule has 0 saturated carbocycles. The van der Waals surface area contributed by atoms with E-state index in [1.807, 2.05) is 6.92 Å². The summed E-state index contributed by atoms with van der Waals surface area (Å²) < 4.78 is 0. The van der Waals surface area contributed by atoms with Crippen LogP contribution in [0.15, 0.2) is 0 Å². The summed E-state index contributed by atoms with van der Waals surface area (Å²) in [5.74, 6) is 0.741. The van der Waals surface area contributed by atoms with Gasteiger partial charge in [-0.25, -0.2) is 0 Å². The van der Waals surface area contributed by atoms with Crippen LogP contribution >= 0.6 is 0 Å². The standard InChI is InChI=1S/C8H13NO/c1-5-7-3-2-6(9-7)4-8(5)10/h5-7,9H,2-4H2,1H3. The van der Waals surface area contributed by atoms with E-state index in [4.69, 9.17) is 0 Å². The van der Waals surface area contributed by atoms with Crippen LogP contribution in [-0.4, -0.2) is 17.9 Å². The molecule has 0 aromatic heterocycles. The molecule has 56 valence electrons. The summed E-state index contributed by atoms with van der Waals surface area (Å²) in [5, 5.41) is 3.45. The van der Waals surface area contributed by atoms with Crippen LogP contribution in [0.25, 0.3) is 0 Å². The van der Waals surface area contributed by atoms with Crippen LogP contribution in [0.4, 0.5) is 0 Å². The molecule has 0 amide bonds. The molecule has 1 N–H and O–H groups in total. The van der Waals surface area contributed by atoms with Crippen LogP contribution < -0.4 is 5.32 Å². The molecule has 10 heavy (non-hydrogen) atoms. The molecule has 2 saturated heterocycles. The fraction of sp³-hybridized carbons (Fsp3) is 0.875. The monoisotopic (exact) mass is 139 g/mol. The molecule has 0 aliphatic carbocycles. The molecule has 2 bridgehead atoms. The van der Waals surface area contributed by atoms with E-state index >= 15 is 0 Å². The van der Waals surface area contributed by atoms with Gasteiger partial charge in [-0.2, -0.15) is 0 Å². The zero-order valence-corrected chi connectivity index (χ0v) is 6.26. The Morgan fingerprint density at radius 3 is 3.10 bits per heavy atom. The van der Waals surface area contributed by atoms with E-state index in [-0.39, 0.29) is 5.92 Å². The molecule has 2 fully saturated rings. The Bertz CT molecular complexity index is 167. The number of carbonyl (C=O) groups is 1. The summed E-state index contributed by atoms with van der Waals surface area (Å²) in [6.07, 6.45) is 3.19. The second-order valence-corrected chi connectivity index (χ2v) is 3.51. The van der Waals surface area contributed by atoms with Crippen molar-refractivity contribution in [3.63, 3.8) is 0 Å². The highest BCUT2D eigenvalue weighted by atomic mass is 16.1. The summed E-state index contributed by atoms with van der Waals surface area (Å²) in [6, 6.07) is 1.03. The number of piperidine rings is 1. The van der Waals surface area contributed by atoms with Crippen molar-refractivity contribution in [3.8, 4) is 0 Å². The quantitative estimate of drug-likeness (QED) is 0.535. The lowest BCUT2D eigenvalue weighted by molar-refractivity contribution is -0.124. The maximum Gasteiger partial charge on any atom is 0.138 e. The first kappa shape index (κ1) is 6.35. The molecule has 0 spiro atoms. The van der Waals surface area contributed by atoms with Crippen molar-refractivity contribution >= 4 is 5.78 Å². The van der Waals surface area contributed by atoms with Crippen molar-refractivity contribution in [3.05, 3.63) is 0 Å². The van der Waals surface area contributed by atoms with Gasteiger partial charge in [0.1, 0.15) is 5.78 Å². The highest BCUT2D eigenvalue weighted by Gasteiger charge is 2.37. The summed E-state index contributed by atoms with van der Waals surface area (Å²) >= 11 is 0. The van der Waals surface area contributed by atoms with Crippen LogP contribution in [0.5, 0.6) is 0 Å². The van der Waals surface area contributed by atoms with Gasteiger partial charge in [-0.15, -0.1) is 0 Å². The molecule has 0 aromatic rings. The van der Waals surface area contributed by atoms with E-state index in [2.05, 4.69) is 5.32 Å². The molecule has 3 atom stereocenters. The topological polar surface area (TPSA) is 29.1 Å². The van der Waals surface area contributed by atoms with E-state index < -0.39 is 0 Å². The predicted octanol–water partition coefficient (Wildman–Crippen LogP) is 0.716. The highest BCUT2D eigenvalue weighted by Crippen LogP contribution is 2.28. The molecule has 2 nitrogen and oxygen atoms in total. The van der Waals surface area contributed by atoms with Gasteiger partial charge in [0.25, 0.3) is 0 Å². The molecule has 2 aliphatic heterocycles. The minimum absolute atomic E-state index is 0.277. The molecule has 0 aromatic carbocycles. The Hall–Kier alpha value is -0.370. The zero-order chi connectivity index (χ0) is 7.14. The number of fused-ring (bicyclic) bond motifs is 2. The molecular formula is C8H13NO. The number of rotatable bonds is 0. The lowest BCUT2D eigenvalue weighted by atomic mass is 9.93. The van der Waals surface area contributed by atoms with Gasteiger partial charge in [0.2, 0.25) is 0 Å². The van der Waals surface area contributed by atoms with Gasteiger partial charge in [-0.3, -0.25) is 4.79 Å². The smallest absolute Gasteiger partial charge is 0.138 e. The highest BCUT2D eigenvalue weighted by molar-refractivity contribution is 5.83. The van der Waals surface area contributed by atoms with Crippen molar-refractivity contribution in [2.45, 2.75) is 38.3 Å². The van der Waals surface area contributed by atoms with Crippen molar-refractivity contribution < 1.29 is 4.79 Å². The van der Waals surface area contributed by atoms with Crippen LogP contribution in [0.2, 0.25) is 0 Å². The summed E-state index contributed by atoms with van der Waals surface area (Å²) in [6.45, 7) is 2.04. The molecule has 2 aliphatic rings. The molecule has 2 heteroatoms. The maximum absolute atomic E-state index is 11.2. The van der Waals surface area contributed by atoms with Crippen molar-refractivity contribution in [2.75, 3.05) is 0 Å². The predicted molar refractivity (Wildman–Crippen MR) is 38.7 cm³/mol. The first-order valence-electron chi connectivity index (χ1n) is 4.06. The van der Waals surface area contributed by atoms with Crippen molar-refractivity contribution in [2.24, 2.45) is 5.92 Å². The average Bonchev–Trinajstić information content (AvgIpc) is 2.29. The van der Waals surface area contributed by atoms with E-state index in [1.165, 1.54) is 12.8 Å². The third-order valence-corrected chi connectivity index (χ3v) is 2.83. The van der Waals surface area contributed by atoms with E-state index in [1.54, 1.807) is 0 Å². The summed E-state index contributed by atoms with van der Waals surface area (Å²) in [7, 11) is 0.